The van der Waals surface area contributed by atoms with Crippen LogP contribution in [0.4, 0.5) is 11.4 Å². The van der Waals surface area contributed by atoms with Crippen LogP contribution in [-0.2, 0) is 0 Å². The lowest BCUT2D eigenvalue weighted by molar-refractivity contribution is -0.384. The van der Waals surface area contributed by atoms with Crippen LogP contribution in [0.2, 0.25) is 10.0 Å². The Morgan fingerprint density at radius 2 is 1.85 bits per heavy atom. The standard InChI is InChI=1S/C20H18Cl2N2O2/c21-12-3-5-14(16(22)8-12)20-19-11-2-1-10(7-11)18(19)15-9-13(24(25)26)4-6-17(15)23-20/h3-6,8-11,18-20,23H,1-2,7H2/t10-,11-,18+,19-,20-/m0/s1. The van der Waals surface area contributed by atoms with Gasteiger partial charge in [-0.25, -0.2) is 0 Å². The molecule has 2 aromatic carbocycles. The van der Waals surface area contributed by atoms with Gasteiger partial charge in [0.05, 0.1) is 11.0 Å². The third-order valence-corrected chi connectivity index (χ3v) is 7.14. The zero-order chi connectivity index (χ0) is 18.0. The molecule has 3 aliphatic rings. The van der Waals surface area contributed by atoms with Gasteiger partial charge in [-0.2, -0.15) is 0 Å². The predicted molar refractivity (Wildman–Crippen MR) is 103 cm³/mol. The summed E-state index contributed by atoms with van der Waals surface area (Å²) in [5.41, 5.74) is 3.36. The van der Waals surface area contributed by atoms with E-state index >= 15 is 0 Å². The van der Waals surface area contributed by atoms with Gasteiger partial charge in [0.2, 0.25) is 0 Å². The molecule has 2 fully saturated rings. The van der Waals surface area contributed by atoms with E-state index in [0.717, 1.165) is 16.8 Å². The first-order valence-electron chi connectivity index (χ1n) is 9.03. The van der Waals surface area contributed by atoms with Gasteiger partial charge in [0.1, 0.15) is 0 Å². The van der Waals surface area contributed by atoms with Crippen molar-refractivity contribution >= 4 is 34.6 Å². The number of non-ortho nitro benzene ring substituents is 1. The molecule has 134 valence electrons. The lowest BCUT2D eigenvalue weighted by Gasteiger charge is -2.43. The SMILES string of the molecule is O=[N+]([O-])c1ccc2c(c1)[C@H]1[C@H]3CC[C@@H](C3)[C@@H]1[C@H](c1ccc(Cl)cc1Cl)N2. The lowest BCUT2D eigenvalue weighted by atomic mass is 9.68. The second-order valence-electron chi connectivity index (χ2n) is 7.75. The molecule has 0 spiro atoms. The molecule has 1 N–H and O–H groups in total. The fourth-order valence-electron chi connectivity index (χ4n) is 5.65. The van der Waals surface area contributed by atoms with E-state index in [1.165, 1.54) is 19.3 Å². The number of anilines is 1. The molecule has 2 bridgehead atoms. The Hall–Kier alpha value is -1.78. The molecule has 6 heteroatoms. The highest BCUT2D eigenvalue weighted by molar-refractivity contribution is 6.35. The summed E-state index contributed by atoms with van der Waals surface area (Å²) in [7, 11) is 0. The highest BCUT2D eigenvalue weighted by atomic mass is 35.5. The van der Waals surface area contributed by atoms with Crippen molar-refractivity contribution in [2.24, 2.45) is 17.8 Å². The van der Waals surface area contributed by atoms with Crippen molar-refractivity contribution < 1.29 is 4.92 Å². The Morgan fingerprint density at radius 1 is 1.04 bits per heavy atom. The van der Waals surface area contributed by atoms with Crippen LogP contribution in [0, 0.1) is 27.9 Å². The first-order chi connectivity index (χ1) is 12.5. The molecule has 4 nitrogen and oxygen atoms in total. The quantitative estimate of drug-likeness (QED) is 0.492. The molecule has 1 heterocycles. The largest absolute Gasteiger partial charge is 0.378 e. The minimum absolute atomic E-state index is 0.119. The summed E-state index contributed by atoms with van der Waals surface area (Å²) in [4.78, 5) is 11.0. The number of nitro benzene ring substituents is 1. The van der Waals surface area contributed by atoms with E-state index in [2.05, 4.69) is 5.32 Å². The fraction of sp³-hybridized carbons (Fsp3) is 0.400. The van der Waals surface area contributed by atoms with Crippen molar-refractivity contribution in [1.29, 1.82) is 0 Å². The molecule has 0 unspecified atom stereocenters. The number of hydrogen-bond acceptors (Lipinski definition) is 3. The number of fused-ring (bicyclic) bond motifs is 7. The number of benzene rings is 2. The molecular weight excluding hydrogens is 371 g/mol. The van der Waals surface area contributed by atoms with Crippen molar-refractivity contribution in [2.45, 2.75) is 31.2 Å². The predicted octanol–water partition coefficient (Wildman–Crippen LogP) is 6.20. The third kappa shape index (κ3) is 2.35. The van der Waals surface area contributed by atoms with Crippen LogP contribution in [0.5, 0.6) is 0 Å². The zero-order valence-electron chi connectivity index (χ0n) is 14.0. The summed E-state index contributed by atoms with van der Waals surface area (Å²) < 4.78 is 0. The van der Waals surface area contributed by atoms with Crippen molar-refractivity contribution in [3.05, 3.63) is 67.7 Å². The molecule has 2 saturated carbocycles. The summed E-state index contributed by atoms with van der Waals surface area (Å²) >= 11 is 12.6. The van der Waals surface area contributed by atoms with Crippen LogP contribution in [-0.4, -0.2) is 4.92 Å². The molecule has 2 aliphatic carbocycles. The van der Waals surface area contributed by atoms with E-state index in [0.29, 0.717) is 33.7 Å². The Balaban J connectivity index is 1.64. The third-order valence-electron chi connectivity index (χ3n) is 6.58. The first kappa shape index (κ1) is 16.4. The maximum absolute atomic E-state index is 11.3. The normalized spacial score (nSPS) is 31.2. The summed E-state index contributed by atoms with van der Waals surface area (Å²) in [6, 6.07) is 11.0. The topological polar surface area (TPSA) is 55.2 Å². The van der Waals surface area contributed by atoms with Gasteiger partial charge in [0.15, 0.2) is 0 Å². The zero-order valence-corrected chi connectivity index (χ0v) is 15.5. The van der Waals surface area contributed by atoms with Crippen LogP contribution in [0.25, 0.3) is 0 Å². The average molecular weight is 389 g/mol. The maximum atomic E-state index is 11.3. The van der Waals surface area contributed by atoms with Crippen LogP contribution in [0.3, 0.4) is 0 Å². The van der Waals surface area contributed by atoms with Crippen LogP contribution >= 0.6 is 23.2 Å². The van der Waals surface area contributed by atoms with Gasteiger partial charge >= 0.3 is 0 Å². The van der Waals surface area contributed by atoms with Crippen LogP contribution in [0.1, 0.15) is 42.3 Å². The molecule has 1 aliphatic heterocycles. The van der Waals surface area contributed by atoms with Crippen molar-refractivity contribution in [1.82, 2.24) is 0 Å². The van der Waals surface area contributed by atoms with Gasteiger partial charge in [-0.1, -0.05) is 29.3 Å². The molecule has 0 radical (unpaired) electrons. The van der Waals surface area contributed by atoms with Crippen molar-refractivity contribution in [3.63, 3.8) is 0 Å². The second kappa shape index (κ2) is 5.86. The van der Waals surface area contributed by atoms with E-state index in [4.69, 9.17) is 23.2 Å². The van der Waals surface area contributed by atoms with Gasteiger partial charge in [-0.05, 0) is 72.3 Å². The Kier molecular flexibility index (Phi) is 3.70. The van der Waals surface area contributed by atoms with Crippen LogP contribution < -0.4 is 5.32 Å². The van der Waals surface area contributed by atoms with Gasteiger partial charge < -0.3 is 5.32 Å². The van der Waals surface area contributed by atoms with E-state index in [-0.39, 0.29) is 16.7 Å². The molecule has 0 saturated heterocycles. The molecule has 5 atom stereocenters. The maximum Gasteiger partial charge on any atom is 0.269 e. The average Bonchev–Trinajstić information content (AvgIpc) is 3.23. The minimum Gasteiger partial charge on any atom is -0.378 e. The van der Waals surface area contributed by atoms with E-state index in [1.54, 1.807) is 18.2 Å². The molecule has 2 aromatic rings. The number of hydrogen-bond donors (Lipinski definition) is 1. The Labute approximate surface area is 161 Å². The number of halogens is 2. The van der Waals surface area contributed by atoms with Gasteiger partial charge in [-0.15, -0.1) is 0 Å². The highest BCUT2D eigenvalue weighted by Crippen LogP contribution is 2.64. The lowest BCUT2D eigenvalue weighted by Crippen LogP contribution is -2.35. The first-order valence-corrected chi connectivity index (χ1v) is 9.78. The monoisotopic (exact) mass is 388 g/mol. The van der Waals surface area contributed by atoms with Crippen molar-refractivity contribution in [3.8, 4) is 0 Å². The van der Waals surface area contributed by atoms with E-state index < -0.39 is 0 Å². The number of nitro groups is 1. The fourth-order valence-corrected chi connectivity index (χ4v) is 6.18. The van der Waals surface area contributed by atoms with Gasteiger partial charge in [0, 0.05) is 27.9 Å². The van der Waals surface area contributed by atoms with Gasteiger partial charge in [-0.3, -0.25) is 10.1 Å². The summed E-state index contributed by atoms with van der Waals surface area (Å²) in [6.45, 7) is 0. The van der Waals surface area contributed by atoms with E-state index in [1.807, 2.05) is 18.2 Å². The minimum atomic E-state index is -0.301. The van der Waals surface area contributed by atoms with Gasteiger partial charge in [0.25, 0.3) is 5.69 Å². The molecule has 5 rings (SSSR count). The summed E-state index contributed by atoms with van der Waals surface area (Å²) in [5.74, 6) is 2.03. The van der Waals surface area contributed by atoms with Crippen molar-refractivity contribution in [2.75, 3.05) is 5.32 Å². The van der Waals surface area contributed by atoms with E-state index in [9.17, 15) is 10.1 Å². The number of nitrogens with zero attached hydrogens (tertiary/aromatic N) is 1. The second-order valence-corrected chi connectivity index (χ2v) is 8.60. The smallest absolute Gasteiger partial charge is 0.269 e. The summed E-state index contributed by atoms with van der Waals surface area (Å²) in [6.07, 6.45) is 3.66. The Bertz CT molecular complexity index is 917. The molecular formula is C20H18Cl2N2O2. The molecule has 0 amide bonds. The summed E-state index contributed by atoms with van der Waals surface area (Å²) in [5, 5.41) is 16.2. The molecule has 26 heavy (non-hydrogen) atoms. The molecule has 0 aromatic heterocycles. The Morgan fingerprint density at radius 3 is 2.62 bits per heavy atom. The number of nitrogens with one attached hydrogen (secondary N) is 1. The number of rotatable bonds is 2. The highest BCUT2D eigenvalue weighted by Gasteiger charge is 2.54. The van der Waals surface area contributed by atoms with Crippen LogP contribution in [0.15, 0.2) is 36.4 Å².